The van der Waals surface area contributed by atoms with E-state index in [4.69, 9.17) is 5.73 Å². The number of phenolic OH excluding ortho intramolecular Hbond substituents is 2. The van der Waals surface area contributed by atoms with Gasteiger partial charge in [-0.1, -0.05) is 0 Å². The van der Waals surface area contributed by atoms with Gasteiger partial charge in [0, 0.05) is 13.2 Å². The summed E-state index contributed by atoms with van der Waals surface area (Å²) >= 11 is 4.51. The highest BCUT2D eigenvalue weighted by Crippen LogP contribution is 2.35. The van der Waals surface area contributed by atoms with Gasteiger partial charge in [-0.2, -0.15) is 0 Å². The number of nitrogens with one attached hydrogen (secondary N) is 1. The minimum atomic E-state index is -0.0612. The molecule has 4 nitrogen and oxygen atoms in total. The van der Waals surface area contributed by atoms with Crippen molar-refractivity contribution in [2.75, 3.05) is 12.3 Å². The minimum absolute atomic E-state index is 0.0454. The second-order valence-corrected chi connectivity index (χ2v) is 7.80. The SMILES string of the molecule is Nc1c(I)cc(CC2NCCc3cc(O)c(O)cc32)cc1I. The molecule has 5 N–H and O–H groups in total. The molecule has 0 spiro atoms. The lowest BCUT2D eigenvalue weighted by Crippen LogP contribution is -2.31. The minimum Gasteiger partial charge on any atom is -0.504 e. The summed E-state index contributed by atoms with van der Waals surface area (Å²) in [6, 6.07) is 7.69. The van der Waals surface area contributed by atoms with Crippen molar-refractivity contribution >= 4 is 50.9 Å². The van der Waals surface area contributed by atoms with Crippen LogP contribution >= 0.6 is 45.2 Å². The van der Waals surface area contributed by atoms with Gasteiger partial charge in [-0.15, -0.1) is 0 Å². The monoisotopic (exact) mass is 522 g/mol. The fraction of sp³-hybridized carbons (Fsp3) is 0.250. The van der Waals surface area contributed by atoms with E-state index in [2.05, 4.69) is 62.6 Å². The first-order valence-electron chi connectivity index (χ1n) is 6.97. The highest BCUT2D eigenvalue weighted by Gasteiger charge is 2.22. The molecule has 2 aromatic rings. The van der Waals surface area contributed by atoms with Crippen LogP contribution in [0.15, 0.2) is 24.3 Å². The van der Waals surface area contributed by atoms with Crippen molar-refractivity contribution in [2.45, 2.75) is 18.9 Å². The first-order valence-corrected chi connectivity index (χ1v) is 9.13. The van der Waals surface area contributed by atoms with E-state index in [-0.39, 0.29) is 17.5 Å². The Balaban J connectivity index is 1.94. The largest absolute Gasteiger partial charge is 0.504 e. The highest BCUT2D eigenvalue weighted by molar-refractivity contribution is 14.1. The van der Waals surface area contributed by atoms with Crippen LogP contribution in [-0.4, -0.2) is 16.8 Å². The molecule has 0 amide bonds. The molecule has 0 radical (unpaired) electrons. The molecule has 2 aromatic carbocycles. The summed E-state index contributed by atoms with van der Waals surface area (Å²) in [5.74, 6) is -0.107. The summed E-state index contributed by atoms with van der Waals surface area (Å²) < 4.78 is 2.12. The molecule has 1 heterocycles. The van der Waals surface area contributed by atoms with Crippen LogP contribution in [0.25, 0.3) is 0 Å². The topological polar surface area (TPSA) is 78.5 Å². The molecule has 0 bridgehead atoms. The molecule has 22 heavy (non-hydrogen) atoms. The van der Waals surface area contributed by atoms with Gasteiger partial charge < -0.3 is 21.3 Å². The van der Waals surface area contributed by atoms with Crippen LogP contribution in [0.4, 0.5) is 5.69 Å². The third kappa shape index (κ3) is 3.13. The van der Waals surface area contributed by atoms with E-state index in [1.54, 1.807) is 12.1 Å². The van der Waals surface area contributed by atoms with Crippen LogP contribution in [0.1, 0.15) is 22.7 Å². The van der Waals surface area contributed by atoms with Gasteiger partial charge in [0.25, 0.3) is 0 Å². The number of phenols is 2. The Morgan fingerprint density at radius 1 is 1.09 bits per heavy atom. The lowest BCUT2D eigenvalue weighted by molar-refractivity contribution is 0.398. The number of rotatable bonds is 2. The second-order valence-electron chi connectivity index (χ2n) is 5.47. The van der Waals surface area contributed by atoms with Gasteiger partial charge in [0.2, 0.25) is 0 Å². The Hall–Kier alpha value is -0.740. The number of anilines is 1. The zero-order valence-corrected chi connectivity index (χ0v) is 16.1. The van der Waals surface area contributed by atoms with Gasteiger partial charge in [-0.25, -0.2) is 0 Å². The van der Waals surface area contributed by atoms with E-state index in [0.29, 0.717) is 0 Å². The average Bonchev–Trinajstić information content (AvgIpc) is 2.47. The van der Waals surface area contributed by atoms with Gasteiger partial charge >= 0.3 is 0 Å². The molecule has 0 aromatic heterocycles. The zero-order chi connectivity index (χ0) is 15.9. The molecule has 1 aliphatic rings. The van der Waals surface area contributed by atoms with Gasteiger partial charge in [-0.3, -0.25) is 0 Å². The lowest BCUT2D eigenvalue weighted by Gasteiger charge is -2.27. The Labute approximate surface area is 156 Å². The smallest absolute Gasteiger partial charge is 0.157 e. The molecule has 0 fully saturated rings. The third-order valence-corrected chi connectivity index (χ3v) is 5.76. The molecule has 3 rings (SSSR count). The first-order chi connectivity index (χ1) is 10.5. The van der Waals surface area contributed by atoms with E-state index < -0.39 is 0 Å². The van der Waals surface area contributed by atoms with Gasteiger partial charge in [0.05, 0.1) is 5.69 Å². The zero-order valence-electron chi connectivity index (χ0n) is 11.7. The first kappa shape index (κ1) is 16.1. The van der Waals surface area contributed by atoms with E-state index >= 15 is 0 Å². The Morgan fingerprint density at radius 3 is 2.41 bits per heavy atom. The van der Waals surface area contributed by atoms with E-state index in [9.17, 15) is 10.2 Å². The molecule has 1 aliphatic heterocycles. The third-order valence-electron chi connectivity index (χ3n) is 3.98. The molecule has 0 aliphatic carbocycles. The van der Waals surface area contributed by atoms with Crippen molar-refractivity contribution < 1.29 is 10.2 Å². The molecular weight excluding hydrogens is 506 g/mol. The van der Waals surface area contributed by atoms with Gasteiger partial charge in [-0.05, 0) is 106 Å². The predicted octanol–water partition coefficient (Wildman–Crippen LogP) is 3.32. The number of fused-ring (bicyclic) bond motifs is 1. The molecule has 1 unspecified atom stereocenters. The summed E-state index contributed by atoms with van der Waals surface area (Å²) in [5, 5.41) is 23.0. The summed E-state index contributed by atoms with van der Waals surface area (Å²) in [6.45, 7) is 0.866. The summed E-state index contributed by atoms with van der Waals surface area (Å²) in [5.41, 5.74) is 10.2. The van der Waals surface area contributed by atoms with Crippen molar-refractivity contribution in [1.82, 2.24) is 5.32 Å². The van der Waals surface area contributed by atoms with Crippen LogP contribution in [0, 0.1) is 7.14 Å². The standard InChI is InChI=1S/C16H16I2N2O2/c17-11-3-8(4-12(18)16(11)19)5-13-10-7-15(22)14(21)6-9(10)1-2-20-13/h3-4,6-7,13,20-22H,1-2,5,19H2. The second kappa shape index (κ2) is 6.40. The lowest BCUT2D eigenvalue weighted by atomic mass is 9.90. The van der Waals surface area contributed by atoms with Crippen LogP contribution in [0.2, 0.25) is 0 Å². The number of halogens is 2. The van der Waals surface area contributed by atoms with Crippen molar-refractivity contribution in [3.05, 3.63) is 48.1 Å². The summed E-state index contributed by atoms with van der Waals surface area (Å²) in [4.78, 5) is 0. The van der Waals surface area contributed by atoms with Gasteiger partial charge in [0.1, 0.15) is 0 Å². The molecule has 0 saturated heterocycles. The average molecular weight is 522 g/mol. The Bertz CT molecular complexity index is 711. The summed E-state index contributed by atoms with van der Waals surface area (Å²) in [6.07, 6.45) is 1.68. The van der Waals surface area contributed by atoms with Crippen LogP contribution in [-0.2, 0) is 12.8 Å². The van der Waals surface area contributed by atoms with Crippen LogP contribution in [0.3, 0.4) is 0 Å². The number of benzene rings is 2. The Kier molecular flexibility index (Phi) is 4.69. The fourth-order valence-corrected chi connectivity index (χ4v) is 4.74. The number of hydrogen-bond acceptors (Lipinski definition) is 4. The maximum absolute atomic E-state index is 9.79. The predicted molar refractivity (Wildman–Crippen MR) is 104 cm³/mol. The summed E-state index contributed by atoms with van der Waals surface area (Å²) in [7, 11) is 0. The molecule has 0 saturated carbocycles. The molecule has 1 atom stereocenters. The number of aromatic hydroxyl groups is 2. The van der Waals surface area contributed by atoms with Crippen molar-refractivity contribution in [3.8, 4) is 11.5 Å². The maximum atomic E-state index is 9.79. The van der Waals surface area contributed by atoms with E-state index in [0.717, 1.165) is 43.3 Å². The van der Waals surface area contributed by atoms with E-state index in [1.165, 1.54) is 5.56 Å². The van der Waals surface area contributed by atoms with Crippen molar-refractivity contribution in [3.63, 3.8) is 0 Å². The van der Waals surface area contributed by atoms with Crippen molar-refractivity contribution in [2.24, 2.45) is 0 Å². The van der Waals surface area contributed by atoms with Crippen molar-refractivity contribution in [1.29, 1.82) is 0 Å². The number of nitrogens with two attached hydrogens (primary N) is 1. The normalized spacial score (nSPS) is 17.3. The quantitative estimate of drug-likeness (QED) is 0.278. The Morgan fingerprint density at radius 2 is 1.73 bits per heavy atom. The van der Waals surface area contributed by atoms with Gasteiger partial charge in [0.15, 0.2) is 11.5 Å². The van der Waals surface area contributed by atoms with E-state index in [1.807, 2.05) is 0 Å². The van der Waals surface area contributed by atoms with Crippen LogP contribution < -0.4 is 11.1 Å². The molecule has 6 heteroatoms. The maximum Gasteiger partial charge on any atom is 0.157 e. The van der Waals surface area contributed by atoms with Crippen LogP contribution in [0.5, 0.6) is 11.5 Å². The fourth-order valence-electron chi connectivity index (χ4n) is 2.84. The highest BCUT2D eigenvalue weighted by atomic mass is 127. The molecule has 116 valence electrons. The number of nitrogen functional groups attached to an aromatic ring is 1. The number of hydrogen-bond donors (Lipinski definition) is 4. The molecular formula is C16H16I2N2O2.